The quantitative estimate of drug-likeness (QED) is 0.758. The van der Waals surface area contributed by atoms with Crippen molar-refractivity contribution in [3.8, 4) is 0 Å². The van der Waals surface area contributed by atoms with Crippen LogP contribution in [-0.4, -0.2) is 24.4 Å². The van der Waals surface area contributed by atoms with Gasteiger partial charge in [-0.05, 0) is 11.1 Å². The second-order valence-electron chi connectivity index (χ2n) is 3.71. The maximum absolute atomic E-state index is 11.8. The number of hydrogen-bond acceptors (Lipinski definition) is 2. The number of nitrogens with zero attached hydrogens (tertiary/aromatic N) is 1. The van der Waals surface area contributed by atoms with E-state index in [1.165, 1.54) is 0 Å². The highest BCUT2D eigenvalue weighted by molar-refractivity contribution is 5.79. The molecule has 2 N–H and O–H groups in total. The number of carbonyl (C=O) groups is 1. The van der Waals surface area contributed by atoms with E-state index < -0.39 is 0 Å². The molecular formula is C13H18N2O. The van der Waals surface area contributed by atoms with Crippen molar-refractivity contribution in [1.82, 2.24) is 4.90 Å². The largest absolute Gasteiger partial charge is 0.342 e. The summed E-state index contributed by atoms with van der Waals surface area (Å²) in [5.74, 6) is 0.0841. The first-order valence-corrected chi connectivity index (χ1v) is 5.30. The Morgan fingerprint density at radius 3 is 2.62 bits per heavy atom. The summed E-state index contributed by atoms with van der Waals surface area (Å²) in [6.45, 7) is 4.65. The molecule has 1 aromatic rings. The molecule has 0 saturated carbocycles. The van der Waals surface area contributed by atoms with Gasteiger partial charge in [0.1, 0.15) is 0 Å². The van der Waals surface area contributed by atoms with E-state index >= 15 is 0 Å². The third-order valence-electron chi connectivity index (χ3n) is 2.51. The molecule has 3 nitrogen and oxygen atoms in total. The molecule has 3 heteroatoms. The maximum Gasteiger partial charge on any atom is 0.227 e. The van der Waals surface area contributed by atoms with E-state index in [0.717, 1.165) is 11.1 Å². The van der Waals surface area contributed by atoms with Gasteiger partial charge in [-0.15, -0.1) is 6.58 Å². The Balaban J connectivity index is 2.72. The van der Waals surface area contributed by atoms with Crippen molar-refractivity contribution in [2.24, 2.45) is 5.73 Å². The predicted octanol–water partition coefficient (Wildman–Crippen LogP) is 1.33. The van der Waals surface area contributed by atoms with E-state index in [4.69, 9.17) is 5.73 Å². The van der Waals surface area contributed by atoms with Crippen LogP contribution in [0.5, 0.6) is 0 Å². The average molecular weight is 218 g/mol. The first kappa shape index (κ1) is 12.5. The highest BCUT2D eigenvalue weighted by Crippen LogP contribution is 2.09. The van der Waals surface area contributed by atoms with Gasteiger partial charge in [0, 0.05) is 20.1 Å². The molecule has 0 fully saturated rings. The van der Waals surface area contributed by atoms with Gasteiger partial charge in [-0.3, -0.25) is 4.79 Å². The highest BCUT2D eigenvalue weighted by Gasteiger charge is 2.10. The van der Waals surface area contributed by atoms with Crippen molar-refractivity contribution >= 4 is 5.91 Å². The Bertz CT molecular complexity index is 374. The SMILES string of the molecule is C=CCN(C)C(=O)Cc1ccccc1CN. The zero-order valence-electron chi connectivity index (χ0n) is 9.65. The fourth-order valence-corrected chi connectivity index (χ4v) is 1.52. The van der Waals surface area contributed by atoms with Gasteiger partial charge >= 0.3 is 0 Å². The Hall–Kier alpha value is -1.61. The van der Waals surface area contributed by atoms with Gasteiger partial charge in [-0.1, -0.05) is 30.3 Å². The van der Waals surface area contributed by atoms with Crippen LogP contribution in [0, 0.1) is 0 Å². The molecular weight excluding hydrogens is 200 g/mol. The summed E-state index contributed by atoms with van der Waals surface area (Å²) in [5.41, 5.74) is 7.66. The van der Waals surface area contributed by atoms with E-state index in [9.17, 15) is 4.79 Å². The molecule has 1 amide bonds. The molecule has 0 bridgehead atoms. The highest BCUT2D eigenvalue weighted by atomic mass is 16.2. The number of nitrogens with two attached hydrogens (primary N) is 1. The van der Waals surface area contributed by atoms with Gasteiger partial charge in [0.25, 0.3) is 0 Å². The molecule has 0 aliphatic carbocycles. The standard InChI is InChI=1S/C13H18N2O/c1-3-8-15(2)13(16)9-11-6-4-5-7-12(11)10-14/h3-7H,1,8-10,14H2,2H3. The van der Waals surface area contributed by atoms with E-state index in [1.807, 2.05) is 24.3 Å². The van der Waals surface area contributed by atoms with Crippen molar-refractivity contribution < 1.29 is 4.79 Å². The molecule has 0 saturated heterocycles. The normalized spacial score (nSPS) is 9.88. The van der Waals surface area contributed by atoms with E-state index in [2.05, 4.69) is 6.58 Å². The van der Waals surface area contributed by atoms with Crippen LogP contribution in [0.25, 0.3) is 0 Å². The first-order chi connectivity index (χ1) is 7.69. The predicted molar refractivity (Wildman–Crippen MR) is 65.9 cm³/mol. The Morgan fingerprint density at radius 2 is 2.06 bits per heavy atom. The topological polar surface area (TPSA) is 46.3 Å². The number of likely N-dealkylation sites (N-methyl/N-ethyl adjacent to an activating group) is 1. The molecule has 86 valence electrons. The van der Waals surface area contributed by atoms with Crippen LogP contribution >= 0.6 is 0 Å². The van der Waals surface area contributed by atoms with Crippen molar-refractivity contribution in [2.45, 2.75) is 13.0 Å². The zero-order valence-corrected chi connectivity index (χ0v) is 9.65. The summed E-state index contributed by atoms with van der Waals surface area (Å²) >= 11 is 0. The Morgan fingerprint density at radius 1 is 1.44 bits per heavy atom. The fraction of sp³-hybridized carbons (Fsp3) is 0.308. The summed E-state index contributed by atoms with van der Waals surface area (Å²) in [5, 5.41) is 0. The lowest BCUT2D eigenvalue weighted by molar-refractivity contribution is -0.128. The molecule has 0 aromatic heterocycles. The van der Waals surface area contributed by atoms with Crippen LogP contribution < -0.4 is 5.73 Å². The summed E-state index contributed by atoms with van der Waals surface area (Å²) < 4.78 is 0. The van der Waals surface area contributed by atoms with Crippen LogP contribution in [0.3, 0.4) is 0 Å². The average Bonchev–Trinajstić information content (AvgIpc) is 2.30. The second kappa shape index (κ2) is 6.08. The molecule has 1 aromatic carbocycles. The number of benzene rings is 1. The third-order valence-corrected chi connectivity index (χ3v) is 2.51. The molecule has 0 unspecified atom stereocenters. The molecule has 0 spiro atoms. The Labute approximate surface area is 96.6 Å². The van der Waals surface area contributed by atoms with Gasteiger partial charge in [0.05, 0.1) is 6.42 Å². The van der Waals surface area contributed by atoms with Gasteiger partial charge in [0.15, 0.2) is 0 Å². The first-order valence-electron chi connectivity index (χ1n) is 5.30. The number of hydrogen-bond donors (Lipinski definition) is 1. The number of amides is 1. The lowest BCUT2D eigenvalue weighted by Crippen LogP contribution is -2.28. The van der Waals surface area contributed by atoms with E-state index in [-0.39, 0.29) is 5.91 Å². The summed E-state index contributed by atoms with van der Waals surface area (Å²) in [4.78, 5) is 13.5. The number of rotatable bonds is 5. The van der Waals surface area contributed by atoms with Gasteiger partial charge < -0.3 is 10.6 Å². The van der Waals surface area contributed by atoms with Crippen LogP contribution in [0.1, 0.15) is 11.1 Å². The van der Waals surface area contributed by atoms with Crippen molar-refractivity contribution in [1.29, 1.82) is 0 Å². The van der Waals surface area contributed by atoms with Gasteiger partial charge in [-0.25, -0.2) is 0 Å². The molecule has 1 rings (SSSR count). The second-order valence-corrected chi connectivity index (χ2v) is 3.71. The van der Waals surface area contributed by atoms with Gasteiger partial charge in [0.2, 0.25) is 5.91 Å². The molecule has 0 atom stereocenters. The van der Waals surface area contributed by atoms with Crippen LogP contribution in [0.2, 0.25) is 0 Å². The smallest absolute Gasteiger partial charge is 0.227 e. The van der Waals surface area contributed by atoms with Crippen molar-refractivity contribution in [3.05, 3.63) is 48.0 Å². The summed E-state index contributed by atoms with van der Waals surface area (Å²) in [6, 6.07) is 7.76. The van der Waals surface area contributed by atoms with E-state index in [1.54, 1.807) is 18.0 Å². The Kier molecular flexibility index (Phi) is 4.73. The fourth-order valence-electron chi connectivity index (χ4n) is 1.52. The maximum atomic E-state index is 11.8. The van der Waals surface area contributed by atoms with Crippen molar-refractivity contribution in [2.75, 3.05) is 13.6 Å². The molecule has 0 aliphatic heterocycles. The number of carbonyl (C=O) groups excluding carboxylic acids is 1. The summed E-state index contributed by atoms with van der Waals surface area (Å²) in [6.07, 6.45) is 2.12. The summed E-state index contributed by atoms with van der Waals surface area (Å²) in [7, 11) is 1.77. The minimum atomic E-state index is 0.0841. The van der Waals surface area contributed by atoms with Crippen LogP contribution in [-0.2, 0) is 17.8 Å². The third kappa shape index (κ3) is 3.21. The molecule has 16 heavy (non-hydrogen) atoms. The van der Waals surface area contributed by atoms with Crippen LogP contribution in [0.15, 0.2) is 36.9 Å². The lowest BCUT2D eigenvalue weighted by Gasteiger charge is -2.15. The zero-order chi connectivity index (χ0) is 12.0. The monoisotopic (exact) mass is 218 g/mol. The van der Waals surface area contributed by atoms with Gasteiger partial charge in [-0.2, -0.15) is 0 Å². The lowest BCUT2D eigenvalue weighted by atomic mass is 10.0. The minimum absolute atomic E-state index is 0.0841. The molecule has 0 heterocycles. The van der Waals surface area contributed by atoms with E-state index in [0.29, 0.717) is 19.5 Å². The molecule has 0 aliphatic rings. The molecule has 0 radical (unpaired) electrons. The van der Waals surface area contributed by atoms with Crippen molar-refractivity contribution in [3.63, 3.8) is 0 Å². The van der Waals surface area contributed by atoms with Crippen LogP contribution in [0.4, 0.5) is 0 Å². The minimum Gasteiger partial charge on any atom is -0.342 e.